The van der Waals surface area contributed by atoms with Gasteiger partial charge in [0.15, 0.2) is 0 Å². The Morgan fingerprint density at radius 1 is 1.03 bits per heavy atom. The number of nitrogens with zero attached hydrogens (tertiary/aromatic N) is 2. The number of benzene rings is 1. The van der Waals surface area contributed by atoms with Gasteiger partial charge in [-0.1, -0.05) is 51.1 Å². The molecule has 0 spiro atoms. The van der Waals surface area contributed by atoms with Crippen LogP contribution in [0.5, 0.6) is 0 Å². The van der Waals surface area contributed by atoms with Gasteiger partial charge in [0, 0.05) is 35.9 Å². The second kappa shape index (κ2) is 11.1. The summed E-state index contributed by atoms with van der Waals surface area (Å²) in [5.41, 5.74) is 0.952. The van der Waals surface area contributed by atoms with Crippen LogP contribution in [-0.4, -0.2) is 47.4 Å². The number of aryl methyl sites for hydroxylation is 1. The van der Waals surface area contributed by atoms with E-state index in [0.29, 0.717) is 26.1 Å². The quantitative estimate of drug-likeness (QED) is 0.532. The number of ether oxygens (including phenoxy) is 1. The summed E-state index contributed by atoms with van der Waals surface area (Å²) < 4.78 is 5.78. The van der Waals surface area contributed by atoms with Gasteiger partial charge in [-0.2, -0.15) is 0 Å². The maximum atomic E-state index is 13.5. The third kappa shape index (κ3) is 7.75. The SMILES string of the molecule is Cc1ccc(CN(Cc2ccccc2)C(=O)CN(CC2CCCO2)C(=O)CC(C)(C)C)s1. The number of carbonyl (C=O) groups is 2. The van der Waals surface area contributed by atoms with Crippen LogP contribution >= 0.6 is 11.3 Å². The topological polar surface area (TPSA) is 49.9 Å². The Balaban J connectivity index is 1.76. The fraction of sp³-hybridized carbons (Fsp3) is 0.538. The van der Waals surface area contributed by atoms with E-state index in [4.69, 9.17) is 4.74 Å². The molecule has 174 valence electrons. The summed E-state index contributed by atoms with van der Waals surface area (Å²) in [5.74, 6) is -0.00635. The van der Waals surface area contributed by atoms with E-state index in [1.54, 1.807) is 16.2 Å². The molecule has 1 unspecified atom stereocenters. The second-order valence-corrected chi connectivity index (χ2v) is 11.3. The molecular weight excluding hydrogens is 420 g/mol. The average molecular weight is 457 g/mol. The number of rotatable bonds is 9. The summed E-state index contributed by atoms with van der Waals surface area (Å²) in [6, 6.07) is 14.2. The molecule has 6 heteroatoms. The first-order chi connectivity index (χ1) is 15.2. The lowest BCUT2D eigenvalue weighted by atomic mass is 9.91. The van der Waals surface area contributed by atoms with Crippen molar-refractivity contribution in [1.82, 2.24) is 9.80 Å². The summed E-state index contributed by atoms with van der Waals surface area (Å²) in [4.78, 5) is 32.6. The van der Waals surface area contributed by atoms with Crippen LogP contribution in [0.25, 0.3) is 0 Å². The maximum absolute atomic E-state index is 13.5. The maximum Gasteiger partial charge on any atom is 0.242 e. The highest BCUT2D eigenvalue weighted by Gasteiger charge is 2.28. The molecule has 1 aliphatic heterocycles. The predicted octanol–water partition coefficient (Wildman–Crippen LogP) is 5.03. The minimum atomic E-state index is -0.132. The monoisotopic (exact) mass is 456 g/mol. The Kier molecular flexibility index (Phi) is 8.49. The van der Waals surface area contributed by atoms with Gasteiger partial charge in [-0.25, -0.2) is 0 Å². The van der Waals surface area contributed by atoms with Crippen molar-refractivity contribution in [3.8, 4) is 0 Å². The highest BCUT2D eigenvalue weighted by atomic mass is 32.1. The first kappa shape index (κ1) is 24.5. The van der Waals surface area contributed by atoms with Crippen molar-refractivity contribution in [2.75, 3.05) is 19.7 Å². The van der Waals surface area contributed by atoms with Gasteiger partial charge in [-0.05, 0) is 42.9 Å². The van der Waals surface area contributed by atoms with Crippen LogP contribution in [0.15, 0.2) is 42.5 Å². The van der Waals surface area contributed by atoms with Crippen LogP contribution < -0.4 is 0 Å². The van der Waals surface area contributed by atoms with Crippen LogP contribution in [0.4, 0.5) is 0 Å². The van der Waals surface area contributed by atoms with E-state index >= 15 is 0 Å². The van der Waals surface area contributed by atoms with E-state index in [-0.39, 0.29) is 29.9 Å². The number of hydrogen-bond acceptors (Lipinski definition) is 4. The van der Waals surface area contributed by atoms with Gasteiger partial charge in [0.2, 0.25) is 11.8 Å². The lowest BCUT2D eigenvalue weighted by Crippen LogP contribution is -2.46. The number of carbonyl (C=O) groups excluding carboxylic acids is 2. The van der Waals surface area contributed by atoms with Crippen LogP contribution in [0.1, 0.15) is 55.4 Å². The summed E-state index contributed by atoms with van der Waals surface area (Å²) >= 11 is 1.71. The van der Waals surface area contributed by atoms with Gasteiger partial charge in [0.25, 0.3) is 0 Å². The second-order valence-electron chi connectivity index (χ2n) is 9.89. The molecule has 2 heterocycles. The van der Waals surface area contributed by atoms with Gasteiger partial charge in [-0.15, -0.1) is 11.3 Å². The van der Waals surface area contributed by atoms with E-state index in [1.807, 2.05) is 35.2 Å². The van der Waals surface area contributed by atoms with Gasteiger partial charge in [0.05, 0.1) is 19.2 Å². The molecule has 1 fully saturated rings. The molecule has 2 amide bonds. The van der Waals surface area contributed by atoms with Gasteiger partial charge < -0.3 is 14.5 Å². The summed E-state index contributed by atoms with van der Waals surface area (Å²) in [7, 11) is 0. The fourth-order valence-corrected chi connectivity index (χ4v) is 4.82. The lowest BCUT2D eigenvalue weighted by molar-refractivity contribution is -0.143. The number of amides is 2. The zero-order chi connectivity index (χ0) is 23.1. The molecule has 2 aromatic rings. The predicted molar refractivity (Wildman–Crippen MR) is 129 cm³/mol. The Bertz CT molecular complexity index is 882. The minimum Gasteiger partial charge on any atom is -0.376 e. The lowest BCUT2D eigenvalue weighted by Gasteiger charge is -2.31. The van der Waals surface area contributed by atoms with Crippen molar-refractivity contribution in [2.24, 2.45) is 5.41 Å². The Hall–Kier alpha value is -2.18. The smallest absolute Gasteiger partial charge is 0.242 e. The Labute approximate surface area is 196 Å². The molecule has 1 aromatic carbocycles. The molecular formula is C26H36N2O3S. The van der Waals surface area contributed by atoms with Gasteiger partial charge in [-0.3, -0.25) is 9.59 Å². The first-order valence-electron chi connectivity index (χ1n) is 11.5. The molecule has 5 nitrogen and oxygen atoms in total. The molecule has 0 aliphatic carbocycles. The molecule has 0 saturated carbocycles. The van der Waals surface area contributed by atoms with Crippen molar-refractivity contribution >= 4 is 23.2 Å². The first-order valence-corrected chi connectivity index (χ1v) is 12.3. The summed E-state index contributed by atoms with van der Waals surface area (Å²) in [6.07, 6.45) is 2.39. The summed E-state index contributed by atoms with van der Waals surface area (Å²) in [6.45, 7) is 10.6. The third-order valence-electron chi connectivity index (χ3n) is 5.52. The third-order valence-corrected chi connectivity index (χ3v) is 6.51. The fourth-order valence-electron chi connectivity index (χ4n) is 3.91. The van der Waals surface area contributed by atoms with Crippen molar-refractivity contribution in [3.05, 3.63) is 57.8 Å². The van der Waals surface area contributed by atoms with Crippen molar-refractivity contribution < 1.29 is 14.3 Å². The van der Waals surface area contributed by atoms with Crippen molar-refractivity contribution in [1.29, 1.82) is 0 Å². The molecule has 1 atom stereocenters. The van der Waals surface area contributed by atoms with Crippen molar-refractivity contribution in [3.63, 3.8) is 0 Å². The zero-order valence-electron chi connectivity index (χ0n) is 19.8. The molecule has 1 aliphatic rings. The number of thiophene rings is 1. The molecule has 0 radical (unpaired) electrons. The molecule has 32 heavy (non-hydrogen) atoms. The Morgan fingerprint density at radius 3 is 2.38 bits per heavy atom. The minimum absolute atomic E-state index is 0.0213. The normalized spacial score (nSPS) is 16.2. The molecule has 0 N–H and O–H groups in total. The van der Waals surface area contributed by atoms with Crippen LogP contribution in [0, 0.1) is 12.3 Å². The number of hydrogen-bond donors (Lipinski definition) is 0. The van der Waals surface area contributed by atoms with E-state index in [9.17, 15) is 9.59 Å². The highest BCUT2D eigenvalue weighted by Crippen LogP contribution is 2.23. The molecule has 1 saturated heterocycles. The van der Waals surface area contributed by atoms with Gasteiger partial charge in [0.1, 0.15) is 0 Å². The summed E-state index contributed by atoms with van der Waals surface area (Å²) in [5, 5.41) is 0. The van der Waals surface area contributed by atoms with E-state index in [2.05, 4.69) is 39.8 Å². The van der Waals surface area contributed by atoms with Gasteiger partial charge >= 0.3 is 0 Å². The van der Waals surface area contributed by atoms with Crippen LogP contribution in [-0.2, 0) is 27.4 Å². The molecule has 0 bridgehead atoms. The molecule has 3 rings (SSSR count). The van der Waals surface area contributed by atoms with Crippen molar-refractivity contribution in [2.45, 2.75) is 66.2 Å². The van der Waals surface area contributed by atoms with Crippen LogP contribution in [0.2, 0.25) is 0 Å². The zero-order valence-corrected chi connectivity index (χ0v) is 20.6. The van der Waals surface area contributed by atoms with E-state index in [1.165, 1.54) is 4.88 Å². The highest BCUT2D eigenvalue weighted by molar-refractivity contribution is 7.11. The van der Waals surface area contributed by atoms with E-state index in [0.717, 1.165) is 29.9 Å². The standard InChI is InChI=1S/C26H36N2O3S/c1-20-12-13-23(32-20)18-27(16-21-9-6-5-7-10-21)25(30)19-28(17-22-11-8-14-31-22)24(29)15-26(2,3)4/h5-7,9-10,12-13,22H,8,11,14-19H2,1-4H3. The van der Waals surface area contributed by atoms with Crippen LogP contribution in [0.3, 0.4) is 0 Å². The average Bonchev–Trinajstić information content (AvgIpc) is 3.38. The largest absolute Gasteiger partial charge is 0.376 e. The van der Waals surface area contributed by atoms with E-state index < -0.39 is 0 Å². The molecule has 1 aromatic heterocycles. The Morgan fingerprint density at radius 2 is 1.78 bits per heavy atom.